The Morgan fingerprint density at radius 1 is 0.950 bits per heavy atom. The molecule has 2 aliphatic heterocycles. The van der Waals surface area contributed by atoms with Gasteiger partial charge in [-0.2, -0.15) is 0 Å². The van der Waals surface area contributed by atoms with Crippen LogP contribution >= 0.6 is 15.9 Å². The van der Waals surface area contributed by atoms with Gasteiger partial charge in [0.05, 0.1) is 4.48 Å². The van der Waals surface area contributed by atoms with Crippen LogP contribution in [0.25, 0.3) is 16.3 Å². The fraction of sp³-hybridized carbons (Fsp3) is 0.118. The summed E-state index contributed by atoms with van der Waals surface area (Å²) in [6.07, 6.45) is 3.24. The zero-order valence-corrected chi connectivity index (χ0v) is 12.1. The van der Waals surface area contributed by atoms with E-state index < -0.39 is 6.10 Å². The summed E-state index contributed by atoms with van der Waals surface area (Å²) in [4.78, 5) is 12.2. The Morgan fingerprint density at radius 2 is 1.70 bits per heavy atom. The number of hydrogen-bond acceptors (Lipinski definition) is 2. The third kappa shape index (κ3) is 1.63. The number of rotatable bonds is 1. The van der Waals surface area contributed by atoms with E-state index in [1.54, 1.807) is 0 Å². The van der Waals surface area contributed by atoms with E-state index in [1.807, 2.05) is 36.4 Å². The molecule has 2 aromatic carbocycles. The molecule has 2 heterocycles. The lowest BCUT2D eigenvalue weighted by atomic mass is 9.93. The molecular formula is C17H11BrO2. The maximum absolute atomic E-state index is 12.2. The molecule has 0 spiro atoms. The standard InChI is InChI=1S/C17H11BrO2/c18-16-15(13-8-9-14(20-13)17(16)19)12-7-3-5-10-4-1-2-6-11(10)12/h1-9,13-14H/t13-,14+/m1/s1. The lowest BCUT2D eigenvalue weighted by Gasteiger charge is -2.24. The molecule has 4 rings (SSSR count). The van der Waals surface area contributed by atoms with Crippen molar-refractivity contribution in [2.24, 2.45) is 0 Å². The average Bonchev–Trinajstić information content (AvgIpc) is 2.92. The van der Waals surface area contributed by atoms with E-state index in [2.05, 4.69) is 34.1 Å². The first-order chi connectivity index (χ1) is 9.75. The van der Waals surface area contributed by atoms with Crippen LogP contribution in [0.5, 0.6) is 0 Å². The molecule has 2 atom stereocenters. The molecule has 0 aliphatic carbocycles. The van der Waals surface area contributed by atoms with Crippen molar-refractivity contribution in [2.75, 3.05) is 0 Å². The Bertz CT molecular complexity index is 783. The predicted molar refractivity (Wildman–Crippen MR) is 82.6 cm³/mol. The summed E-state index contributed by atoms with van der Waals surface area (Å²) in [6, 6.07) is 14.3. The van der Waals surface area contributed by atoms with Gasteiger partial charge in [-0.15, -0.1) is 0 Å². The Balaban J connectivity index is 2.01. The molecule has 0 fully saturated rings. The molecule has 2 aromatic rings. The highest BCUT2D eigenvalue weighted by Crippen LogP contribution is 2.40. The normalized spacial score (nSPS) is 24.8. The number of ether oxygens (including phenoxy) is 1. The van der Waals surface area contributed by atoms with Crippen molar-refractivity contribution < 1.29 is 9.53 Å². The molecule has 0 radical (unpaired) electrons. The number of benzene rings is 2. The lowest BCUT2D eigenvalue weighted by Crippen LogP contribution is -2.29. The molecule has 98 valence electrons. The van der Waals surface area contributed by atoms with Gasteiger partial charge < -0.3 is 4.74 Å². The van der Waals surface area contributed by atoms with E-state index in [0.29, 0.717) is 4.48 Å². The fourth-order valence-corrected chi connectivity index (χ4v) is 3.54. The number of fused-ring (bicyclic) bond motifs is 3. The molecule has 2 bridgehead atoms. The van der Waals surface area contributed by atoms with Gasteiger partial charge in [0.15, 0.2) is 0 Å². The highest BCUT2D eigenvalue weighted by molar-refractivity contribution is 9.12. The quantitative estimate of drug-likeness (QED) is 0.744. The minimum atomic E-state index is -0.423. The highest BCUT2D eigenvalue weighted by atomic mass is 79.9. The molecule has 0 N–H and O–H groups in total. The first-order valence-electron chi connectivity index (χ1n) is 6.51. The first-order valence-corrected chi connectivity index (χ1v) is 7.31. The molecule has 2 nitrogen and oxygen atoms in total. The van der Waals surface area contributed by atoms with E-state index in [1.165, 1.54) is 0 Å². The van der Waals surface area contributed by atoms with E-state index in [0.717, 1.165) is 21.9 Å². The molecule has 0 amide bonds. The van der Waals surface area contributed by atoms with Crippen LogP contribution in [0.15, 0.2) is 59.1 Å². The van der Waals surface area contributed by atoms with Gasteiger partial charge in [-0.05, 0) is 38.3 Å². The van der Waals surface area contributed by atoms with Crippen LogP contribution in [-0.2, 0) is 9.53 Å². The third-order valence-electron chi connectivity index (χ3n) is 3.83. The van der Waals surface area contributed by atoms with E-state index in [9.17, 15) is 4.79 Å². The zero-order valence-electron chi connectivity index (χ0n) is 10.5. The minimum Gasteiger partial charge on any atom is -0.354 e. The smallest absolute Gasteiger partial charge is 0.202 e. The largest absolute Gasteiger partial charge is 0.354 e. The van der Waals surface area contributed by atoms with Gasteiger partial charge in [0.2, 0.25) is 5.78 Å². The zero-order chi connectivity index (χ0) is 13.7. The van der Waals surface area contributed by atoms with Gasteiger partial charge >= 0.3 is 0 Å². The molecule has 0 unspecified atom stereocenters. The van der Waals surface area contributed by atoms with Crippen molar-refractivity contribution in [1.82, 2.24) is 0 Å². The van der Waals surface area contributed by atoms with Gasteiger partial charge in [-0.1, -0.05) is 48.5 Å². The topological polar surface area (TPSA) is 26.3 Å². The molecule has 0 aromatic heterocycles. The van der Waals surface area contributed by atoms with E-state index >= 15 is 0 Å². The van der Waals surface area contributed by atoms with Gasteiger partial charge in [0.25, 0.3) is 0 Å². The highest BCUT2D eigenvalue weighted by Gasteiger charge is 2.37. The molecule has 2 aliphatic rings. The van der Waals surface area contributed by atoms with Gasteiger partial charge in [-0.25, -0.2) is 0 Å². The Labute approximate surface area is 124 Å². The van der Waals surface area contributed by atoms with Crippen LogP contribution in [0.4, 0.5) is 0 Å². The van der Waals surface area contributed by atoms with Crippen molar-refractivity contribution in [2.45, 2.75) is 12.2 Å². The summed E-state index contributed by atoms with van der Waals surface area (Å²) in [5.74, 6) is -0.00191. The number of hydrogen-bond donors (Lipinski definition) is 0. The van der Waals surface area contributed by atoms with Gasteiger partial charge in [0, 0.05) is 5.57 Å². The number of halogens is 1. The molecular weight excluding hydrogens is 316 g/mol. The Kier molecular flexibility index (Phi) is 2.65. The fourth-order valence-electron chi connectivity index (χ4n) is 2.88. The summed E-state index contributed by atoms with van der Waals surface area (Å²) in [5, 5.41) is 2.30. The van der Waals surface area contributed by atoms with Crippen molar-refractivity contribution in [1.29, 1.82) is 0 Å². The van der Waals surface area contributed by atoms with Gasteiger partial charge in [0.1, 0.15) is 12.2 Å². The van der Waals surface area contributed by atoms with Crippen LogP contribution in [0.3, 0.4) is 0 Å². The van der Waals surface area contributed by atoms with Gasteiger partial charge in [-0.3, -0.25) is 4.79 Å². The second-order valence-corrected chi connectivity index (χ2v) is 5.77. The lowest BCUT2D eigenvalue weighted by molar-refractivity contribution is -0.123. The SMILES string of the molecule is O=C1C(Br)=C(c2cccc3ccccc23)[C@H]2C=C[C@@H]1O2. The number of ketones is 1. The van der Waals surface area contributed by atoms with Crippen LogP contribution in [0.2, 0.25) is 0 Å². The van der Waals surface area contributed by atoms with Crippen LogP contribution in [0.1, 0.15) is 5.56 Å². The van der Waals surface area contributed by atoms with E-state index in [-0.39, 0.29) is 11.9 Å². The van der Waals surface area contributed by atoms with Crippen molar-refractivity contribution in [3.05, 3.63) is 64.7 Å². The van der Waals surface area contributed by atoms with E-state index in [4.69, 9.17) is 4.74 Å². The van der Waals surface area contributed by atoms with Crippen LogP contribution in [0, 0.1) is 0 Å². The summed E-state index contributed by atoms with van der Waals surface area (Å²) in [7, 11) is 0. The maximum Gasteiger partial charge on any atom is 0.202 e. The summed E-state index contributed by atoms with van der Waals surface area (Å²) in [6.45, 7) is 0. The Morgan fingerprint density at radius 3 is 2.60 bits per heavy atom. The monoisotopic (exact) mass is 326 g/mol. The first kappa shape index (κ1) is 12.1. The van der Waals surface area contributed by atoms with Crippen molar-refractivity contribution >= 4 is 38.1 Å². The average molecular weight is 327 g/mol. The molecule has 20 heavy (non-hydrogen) atoms. The third-order valence-corrected chi connectivity index (χ3v) is 4.65. The second kappa shape index (κ2) is 4.40. The minimum absolute atomic E-state index is 0.00191. The maximum atomic E-state index is 12.2. The predicted octanol–water partition coefficient (Wildman–Crippen LogP) is 3.85. The van der Waals surface area contributed by atoms with Crippen molar-refractivity contribution in [3.63, 3.8) is 0 Å². The van der Waals surface area contributed by atoms with Crippen molar-refractivity contribution in [3.8, 4) is 0 Å². The summed E-state index contributed by atoms with van der Waals surface area (Å²) < 4.78 is 6.39. The van der Waals surface area contributed by atoms with Crippen LogP contribution < -0.4 is 0 Å². The summed E-state index contributed by atoms with van der Waals surface area (Å²) in [5.41, 5.74) is 1.98. The van der Waals surface area contributed by atoms with Crippen LogP contribution in [-0.4, -0.2) is 18.0 Å². The number of carbonyl (C=O) groups is 1. The summed E-state index contributed by atoms with van der Waals surface area (Å²) >= 11 is 3.47. The number of Topliss-reactive ketones (excluding diaryl/α,β-unsaturated/α-hetero) is 1. The number of carbonyl (C=O) groups excluding carboxylic acids is 1. The molecule has 0 saturated heterocycles. The molecule has 3 heteroatoms. The second-order valence-electron chi connectivity index (χ2n) is 4.98. The molecule has 0 saturated carbocycles. The Hall–Kier alpha value is -1.71.